The Kier molecular flexibility index (Phi) is 7.50. The minimum Gasteiger partial charge on any atom is -0.293 e. The fraction of sp³-hybridized carbons (Fsp3) is 0.240. The number of para-hydroxylation sites is 1. The van der Waals surface area contributed by atoms with Gasteiger partial charge < -0.3 is 0 Å². The molecule has 164 valence electrons. The van der Waals surface area contributed by atoms with Crippen LogP contribution in [0.25, 0.3) is 23.0 Å². The van der Waals surface area contributed by atoms with Gasteiger partial charge in [0.25, 0.3) is 5.91 Å². The summed E-state index contributed by atoms with van der Waals surface area (Å²) in [7, 11) is 0. The van der Waals surface area contributed by atoms with Gasteiger partial charge in [0.15, 0.2) is 0 Å². The molecule has 1 fully saturated rings. The van der Waals surface area contributed by atoms with Gasteiger partial charge in [-0.25, -0.2) is 4.68 Å². The molecule has 0 saturated carbocycles. The second kappa shape index (κ2) is 10.5. The fourth-order valence-electron chi connectivity index (χ4n) is 3.46. The molecule has 0 atom stereocenters. The molecule has 4 rings (SSSR count). The van der Waals surface area contributed by atoms with Crippen LogP contribution in [0.5, 0.6) is 0 Å². The van der Waals surface area contributed by atoms with Gasteiger partial charge in [0.1, 0.15) is 4.32 Å². The van der Waals surface area contributed by atoms with Crippen molar-refractivity contribution in [1.82, 2.24) is 14.7 Å². The lowest BCUT2D eigenvalue weighted by atomic mass is 10.1. The number of thioether (sulfide) groups is 2. The van der Waals surface area contributed by atoms with Crippen molar-refractivity contribution in [1.29, 1.82) is 0 Å². The highest BCUT2D eigenvalue weighted by Crippen LogP contribution is 2.35. The number of unbranched alkanes of at least 4 members (excludes halogenated alkanes) is 1. The van der Waals surface area contributed by atoms with Gasteiger partial charge in [0.05, 0.1) is 16.3 Å². The molecule has 2 aromatic carbocycles. The SMILES string of the molecule is CCCCN1C(=O)/C(=C/c2cn(-c3ccccc3)nc2-c2ccc(SCC)cc2)SC1=S. The predicted molar refractivity (Wildman–Crippen MR) is 140 cm³/mol. The quantitative estimate of drug-likeness (QED) is 0.205. The molecule has 0 aliphatic carbocycles. The first-order chi connectivity index (χ1) is 15.6. The molecule has 1 amide bonds. The van der Waals surface area contributed by atoms with Crippen molar-refractivity contribution in [2.75, 3.05) is 12.3 Å². The first-order valence-corrected chi connectivity index (χ1v) is 13.0. The van der Waals surface area contributed by atoms with Crippen molar-refractivity contribution in [3.05, 3.63) is 71.3 Å². The first-order valence-electron chi connectivity index (χ1n) is 10.7. The van der Waals surface area contributed by atoms with Crippen LogP contribution in [-0.2, 0) is 4.79 Å². The number of nitrogens with zero attached hydrogens (tertiary/aromatic N) is 3. The summed E-state index contributed by atoms with van der Waals surface area (Å²) in [5.74, 6) is 1.02. The fourth-order valence-corrected chi connectivity index (χ4v) is 5.42. The van der Waals surface area contributed by atoms with Gasteiger partial charge in [-0.2, -0.15) is 5.10 Å². The normalized spacial score (nSPS) is 15.2. The lowest BCUT2D eigenvalue weighted by molar-refractivity contribution is -0.122. The number of thiocarbonyl (C=S) groups is 1. The standard InChI is InChI=1S/C25H25N3OS3/c1-3-5-15-27-24(29)22(32-25(27)30)16-19-17-28(20-9-7-6-8-10-20)26-23(19)18-11-13-21(14-12-18)31-4-2/h6-14,16-17H,3-5,15H2,1-2H3/b22-16-. The van der Waals surface area contributed by atoms with Crippen LogP contribution in [0.3, 0.4) is 0 Å². The van der Waals surface area contributed by atoms with Gasteiger partial charge in [-0.05, 0) is 42.5 Å². The Balaban J connectivity index is 1.73. The van der Waals surface area contributed by atoms with E-state index >= 15 is 0 Å². The summed E-state index contributed by atoms with van der Waals surface area (Å²) in [6.07, 6.45) is 5.88. The minimum atomic E-state index is -0.0124. The van der Waals surface area contributed by atoms with Gasteiger partial charge >= 0.3 is 0 Å². The molecule has 4 nitrogen and oxygen atoms in total. The van der Waals surface area contributed by atoms with E-state index in [1.165, 1.54) is 16.7 Å². The van der Waals surface area contributed by atoms with Crippen molar-refractivity contribution >= 4 is 52.0 Å². The maximum atomic E-state index is 13.0. The van der Waals surface area contributed by atoms with Crippen molar-refractivity contribution in [3.8, 4) is 16.9 Å². The van der Waals surface area contributed by atoms with E-state index in [4.69, 9.17) is 17.3 Å². The highest BCUT2D eigenvalue weighted by Gasteiger charge is 2.31. The lowest BCUT2D eigenvalue weighted by Gasteiger charge is -2.12. The molecule has 0 radical (unpaired) electrons. The third kappa shape index (κ3) is 5.00. The molecule has 1 aromatic heterocycles. The number of aromatic nitrogens is 2. The summed E-state index contributed by atoms with van der Waals surface area (Å²) in [4.78, 5) is 16.6. The van der Waals surface area contributed by atoms with Crippen LogP contribution in [0, 0.1) is 0 Å². The molecular weight excluding hydrogens is 454 g/mol. The summed E-state index contributed by atoms with van der Waals surface area (Å²) >= 11 is 8.66. The largest absolute Gasteiger partial charge is 0.293 e. The van der Waals surface area contributed by atoms with Crippen molar-refractivity contribution < 1.29 is 4.79 Å². The number of rotatable bonds is 8. The van der Waals surface area contributed by atoms with Gasteiger partial charge in [-0.15, -0.1) is 11.8 Å². The zero-order valence-corrected chi connectivity index (χ0v) is 20.6. The third-order valence-corrected chi connectivity index (χ3v) is 7.37. The smallest absolute Gasteiger partial charge is 0.266 e. The molecular formula is C25H25N3OS3. The van der Waals surface area contributed by atoms with Crippen LogP contribution >= 0.6 is 35.7 Å². The van der Waals surface area contributed by atoms with Crippen molar-refractivity contribution in [2.45, 2.75) is 31.6 Å². The molecule has 1 aliphatic heterocycles. The molecule has 2 heterocycles. The highest BCUT2D eigenvalue weighted by atomic mass is 32.2. The van der Waals surface area contributed by atoms with E-state index in [2.05, 4.69) is 38.1 Å². The number of hydrogen-bond donors (Lipinski definition) is 0. The van der Waals surface area contributed by atoms with Gasteiger partial charge in [0.2, 0.25) is 0 Å². The zero-order chi connectivity index (χ0) is 22.5. The summed E-state index contributed by atoms with van der Waals surface area (Å²) in [6.45, 7) is 4.93. The lowest BCUT2D eigenvalue weighted by Crippen LogP contribution is -2.28. The molecule has 0 spiro atoms. The molecule has 1 aliphatic rings. The zero-order valence-electron chi connectivity index (χ0n) is 18.2. The third-order valence-electron chi connectivity index (χ3n) is 5.10. The van der Waals surface area contributed by atoms with E-state index in [-0.39, 0.29) is 5.91 Å². The average Bonchev–Trinajstić information content (AvgIpc) is 3.35. The summed E-state index contributed by atoms with van der Waals surface area (Å²) in [6, 6.07) is 18.5. The monoisotopic (exact) mass is 479 g/mol. The van der Waals surface area contributed by atoms with E-state index in [9.17, 15) is 4.79 Å². The second-order valence-corrected chi connectivity index (χ2v) is 10.4. The Morgan fingerprint density at radius 2 is 1.84 bits per heavy atom. The molecule has 3 aromatic rings. The Morgan fingerprint density at radius 3 is 2.53 bits per heavy atom. The molecule has 0 N–H and O–H groups in total. The van der Waals surface area contributed by atoms with E-state index in [0.29, 0.717) is 15.8 Å². The second-order valence-electron chi connectivity index (χ2n) is 7.36. The van der Waals surface area contributed by atoms with Crippen LogP contribution < -0.4 is 0 Å². The van der Waals surface area contributed by atoms with E-state index in [1.54, 1.807) is 4.90 Å². The number of amides is 1. The Hall–Kier alpha value is -2.35. The molecule has 32 heavy (non-hydrogen) atoms. The average molecular weight is 480 g/mol. The first kappa shape index (κ1) is 22.8. The molecule has 0 bridgehead atoms. The Bertz CT molecular complexity index is 1140. The maximum Gasteiger partial charge on any atom is 0.266 e. The molecule has 1 saturated heterocycles. The highest BCUT2D eigenvalue weighted by molar-refractivity contribution is 8.26. The van der Waals surface area contributed by atoms with Crippen LogP contribution in [-0.4, -0.2) is 37.2 Å². The van der Waals surface area contributed by atoms with Crippen molar-refractivity contribution in [3.63, 3.8) is 0 Å². The number of benzene rings is 2. The molecule has 7 heteroatoms. The van der Waals surface area contributed by atoms with E-state index in [1.807, 2.05) is 59.0 Å². The van der Waals surface area contributed by atoms with Gasteiger partial charge in [-0.1, -0.05) is 74.6 Å². The van der Waals surface area contributed by atoms with Crippen LogP contribution in [0.15, 0.2) is 70.6 Å². The number of carbonyl (C=O) groups is 1. The van der Waals surface area contributed by atoms with E-state index < -0.39 is 0 Å². The minimum absolute atomic E-state index is 0.0124. The van der Waals surface area contributed by atoms with E-state index in [0.717, 1.165) is 41.1 Å². The van der Waals surface area contributed by atoms with Crippen molar-refractivity contribution in [2.24, 2.45) is 0 Å². The van der Waals surface area contributed by atoms with Crippen LogP contribution in [0.4, 0.5) is 0 Å². The summed E-state index contributed by atoms with van der Waals surface area (Å²) in [5, 5.41) is 4.88. The van der Waals surface area contributed by atoms with Crippen LogP contribution in [0.1, 0.15) is 32.3 Å². The van der Waals surface area contributed by atoms with Gasteiger partial charge in [0, 0.05) is 28.8 Å². The Labute approximate surface area is 203 Å². The molecule has 0 unspecified atom stereocenters. The predicted octanol–water partition coefficient (Wildman–Crippen LogP) is 6.65. The van der Waals surface area contributed by atoms with Crippen LogP contribution in [0.2, 0.25) is 0 Å². The number of carbonyl (C=O) groups excluding carboxylic acids is 1. The summed E-state index contributed by atoms with van der Waals surface area (Å²) in [5.41, 5.74) is 3.75. The summed E-state index contributed by atoms with van der Waals surface area (Å²) < 4.78 is 2.50. The maximum absolute atomic E-state index is 13.0. The van der Waals surface area contributed by atoms with Gasteiger partial charge in [-0.3, -0.25) is 9.69 Å². The number of hydrogen-bond acceptors (Lipinski definition) is 5. The topological polar surface area (TPSA) is 38.1 Å². The Morgan fingerprint density at radius 1 is 1.09 bits per heavy atom.